The van der Waals surface area contributed by atoms with Gasteiger partial charge in [0.2, 0.25) is 5.91 Å². The number of benzene rings is 2. The van der Waals surface area contributed by atoms with E-state index in [1.807, 2.05) is 0 Å². The van der Waals surface area contributed by atoms with Gasteiger partial charge in [0.05, 0.1) is 31.2 Å². The summed E-state index contributed by atoms with van der Waals surface area (Å²) in [4.78, 5) is 39.2. The van der Waals surface area contributed by atoms with Crippen LogP contribution in [-0.4, -0.2) is 44.1 Å². The van der Waals surface area contributed by atoms with E-state index in [1.165, 1.54) is 31.3 Å². The number of nitrogens with one attached hydrogen (secondary N) is 1. The predicted molar refractivity (Wildman–Crippen MR) is 106 cm³/mol. The minimum absolute atomic E-state index is 0.185. The third-order valence-corrected chi connectivity index (χ3v) is 4.67. The summed E-state index contributed by atoms with van der Waals surface area (Å²) in [5.41, 5.74) is 0.108. The molecule has 0 saturated carbocycles. The van der Waals surface area contributed by atoms with Gasteiger partial charge in [0.1, 0.15) is 17.0 Å². The topological polar surface area (TPSA) is 94.2 Å². The molecule has 2 aromatic rings. The molecule has 29 heavy (non-hydrogen) atoms. The van der Waals surface area contributed by atoms with Crippen LogP contribution in [0.2, 0.25) is 0 Å². The van der Waals surface area contributed by atoms with Crippen LogP contribution in [0.4, 0.5) is 11.4 Å². The number of fused-ring (bicyclic) bond motifs is 1. The van der Waals surface area contributed by atoms with Gasteiger partial charge in [-0.15, -0.1) is 0 Å². The molecule has 0 fully saturated rings. The van der Waals surface area contributed by atoms with Crippen LogP contribution in [0, 0.1) is 0 Å². The van der Waals surface area contributed by atoms with Crippen molar-refractivity contribution >= 4 is 29.2 Å². The van der Waals surface area contributed by atoms with E-state index in [1.54, 1.807) is 44.2 Å². The van der Waals surface area contributed by atoms with Crippen LogP contribution in [0.15, 0.2) is 42.5 Å². The summed E-state index contributed by atoms with van der Waals surface area (Å²) in [6, 6.07) is 11.6. The minimum atomic E-state index is -1.14. The summed E-state index contributed by atoms with van der Waals surface area (Å²) in [7, 11) is 2.93. The van der Waals surface area contributed by atoms with Gasteiger partial charge in [-0.1, -0.05) is 12.1 Å². The predicted octanol–water partition coefficient (Wildman–Crippen LogP) is 2.62. The molecule has 0 spiro atoms. The van der Waals surface area contributed by atoms with Crippen LogP contribution in [0.25, 0.3) is 0 Å². The molecule has 2 aromatic carbocycles. The molecule has 1 heterocycles. The Kier molecular flexibility index (Phi) is 5.45. The molecular formula is C21H22N2O6. The van der Waals surface area contributed by atoms with E-state index in [4.69, 9.17) is 14.2 Å². The van der Waals surface area contributed by atoms with Crippen molar-refractivity contribution in [1.82, 2.24) is 0 Å². The Morgan fingerprint density at radius 1 is 1.03 bits per heavy atom. The summed E-state index contributed by atoms with van der Waals surface area (Å²) in [5.74, 6) is -0.701. The fourth-order valence-electron chi connectivity index (χ4n) is 3.10. The first-order valence-corrected chi connectivity index (χ1v) is 8.91. The van der Waals surface area contributed by atoms with Gasteiger partial charge in [-0.3, -0.25) is 14.5 Å². The lowest BCUT2D eigenvalue weighted by atomic mass is 9.96. The standard InChI is InChI=1S/C21H22N2O6/c1-21(2)20(26)22-16-7-5-6-8-17(16)23(21)18(24)12-29-19(25)13-9-14(27-3)11-15(10-13)28-4/h5-11H,12H2,1-4H3,(H,22,26). The van der Waals surface area contributed by atoms with Crippen molar-refractivity contribution in [3.05, 3.63) is 48.0 Å². The molecule has 1 N–H and O–H groups in total. The Labute approximate surface area is 168 Å². The molecule has 0 unspecified atom stereocenters. The Morgan fingerprint density at radius 3 is 2.28 bits per heavy atom. The third-order valence-electron chi connectivity index (χ3n) is 4.67. The van der Waals surface area contributed by atoms with E-state index >= 15 is 0 Å². The monoisotopic (exact) mass is 398 g/mol. The molecule has 1 aliphatic heterocycles. The number of anilines is 2. The van der Waals surface area contributed by atoms with Crippen molar-refractivity contribution in [2.75, 3.05) is 31.0 Å². The number of esters is 1. The zero-order valence-electron chi connectivity index (χ0n) is 16.6. The number of para-hydroxylation sites is 2. The highest BCUT2D eigenvalue weighted by Crippen LogP contribution is 2.36. The van der Waals surface area contributed by atoms with E-state index in [0.717, 1.165) is 0 Å². The van der Waals surface area contributed by atoms with Gasteiger partial charge in [-0.05, 0) is 38.1 Å². The van der Waals surface area contributed by atoms with E-state index in [9.17, 15) is 14.4 Å². The average Bonchev–Trinajstić information content (AvgIpc) is 2.72. The SMILES string of the molecule is COc1cc(OC)cc(C(=O)OCC(=O)N2c3ccccc3NC(=O)C2(C)C)c1. The van der Waals surface area contributed by atoms with Crippen LogP contribution in [0.5, 0.6) is 11.5 Å². The summed E-state index contributed by atoms with van der Waals surface area (Å²) in [6.07, 6.45) is 0. The summed E-state index contributed by atoms with van der Waals surface area (Å²) in [5, 5.41) is 2.78. The van der Waals surface area contributed by atoms with Crippen molar-refractivity contribution < 1.29 is 28.6 Å². The van der Waals surface area contributed by atoms with Gasteiger partial charge in [0, 0.05) is 6.07 Å². The number of methoxy groups -OCH3 is 2. The van der Waals surface area contributed by atoms with Crippen molar-refractivity contribution in [1.29, 1.82) is 0 Å². The fourth-order valence-corrected chi connectivity index (χ4v) is 3.10. The maximum Gasteiger partial charge on any atom is 0.338 e. The van der Waals surface area contributed by atoms with E-state index in [2.05, 4.69) is 5.32 Å². The maximum atomic E-state index is 12.9. The number of nitrogens with zero attached hydrogens (tertiary/aromatic N) is 1. The second-order valence-corrected chi connectivity index (χ2v) is 6.94. The normalized spacial score (nSPS) is 14.5. The van der Waals surface area contributed by atoms with Crippen molar-refractivity contribution in [2.24, 2.45) is 0 Å². The van der Waals surface area contributed by atoms with Gasteiger partial charge in [-0.2, -0.15) is 0 Å². The molecule has 1 aliphatic rings. The Morgan fingerprint density at radius 2 is 1.66 bits per heavy atom. The number of hydrogen-bond donors (Lipinski definition) is 1. The van der Waals surface area contributed by atoms with Gasteiger partial charge < -0.3 is 19.5 Å². The van der Waals surface area contributed by atoms with Crippen LogP contribution >= 0.6 is 0 Å². The number of carbonyl (C=O) groups is 3. The number of carbonyl (C=O) groups excluding carboxylic acids is 3. The summed E-state index contributed by atoms with van der Waals surface area (Å²) in [6.45, 7) is 2.74. The zero-order chi connectivity index (χ0) is 21.2. The molecule has 2 amide bonds. The molecule has 0 radical (unpaired) electrons. The van der Waals surface area contributed by atoms with E-state index in [0.29, 0.717) is 22.9 Å². The van der Waals surface area contributed by atoms with Gasteiger partial charge >= 0.3 is 5.97 Å². The highest BCUT2D eigenvalue weighted by molar-refractivity contribution is 6.14. The second kappa shape index (κ2) is 7.83. The molecule has 8 nitrogen and oxygen atoms in total. The lowest BCUT2D eigenvalue weighted by Crippen LogP contribution is -2.59. The highest BCUT2D eigenvalue weighted by atomic mass is 16.5. The third kappa shape index (κ3) is 3.87. The molecule has 3 rings (SSSR count). The average molecular weight is 398 g/mol. The number of ether oxygens (including phenoxy) is 3. The molecule has 0 bridgehead atoms. The van der Waals surface area contributed by atoms with Crippen molar-refractivity contribution in [2.45, 2.75) is 19.4 Å². The Balaban J connectivity index is 1.80. The molecule has 0 aliphatic carbocycles. The Bertz CT molecular complexity index is 947. The number of amides is 2. The van der Waals surface area contributed by atoms with Crippen molar-refractivity contribution in [3.63, 3.8) is 0 Å². The molecule has 0 atom stereocenters. The van der Waals surface area contributed by atoms with Crippen LogP contribution in [-0.2, 0) is 14.3 Å². The molecule has 0 saturated heterocycles. The molecule has 8 heteroatoms. The highest BCUT2D eigenvalue weighted by Gasteiger charge is 2.43. The fraction of sp³-hybridized carbons (Fsp3) is 0.286. The van der Waals surface area contributed by atoms with Crippen LogP contribution in [0.1, 0.15) is 24.2 Å². The van der Waals surface area contributed by atoms with Crippen LogP contribution < -0.4 is 19.7 Å². The smallest absolute Gasteiger partial charge is 0.338 e. The first-order valence-electron chi connectivity index (χ1n) is 8.91. The second-order valence-electron chi connectivity index (χ2n) is 6.94. The summed E-state index contributed by atoms with van der Waals surface area (Å²) >= 11 is 0. The number of hydrogen-bond acceptors (Lipinski definition) is 6. The summed E-state index contributed by atoms with van der Waals surface area (Å²) < 4.78 is 15.5. The Hall–Kier alpha value is -3.55. The lowest BCUT2D eigenvalue weighted by molar-refractivity contribution is -0.128. The van der Waals surface area contributed by atoms with Crippen LogP contribution in [0.3, 0.4) is 0 Å². The van der Waals surface area contributed by atoms with E-state index < -0.39 is 24.0 Å². The molecule has 152 valence electrons. The lowest BCUT2D eigenvalue weighted by Gasteiger charge is -2.41. The first-order chi connectivity index (χ1) is 13.8. The van der Waals surface area contributed by atoms with E-state index in [-0.39, 0.29) is 11.5 Å². The van der Waals surface area contributed by atoms with Gasteiger partial charge in [0.25, 0.3) is 5.91 Å². The first kappa shape index (κ1) is 20.2. The minimum Gasteiger partial charge on any atom is -0.497 e. The zero-order valence-corrected chi connectivity index (χ0v) is 16.6. The van der Waals surface area contributed by atoms with Gasteiger partial charge in [0.15, 0.2) is 6.61 Å². The quantitative estimate of drug-likeness (QED) is 0.778. The molecule has 0 aromatic heterocycles. The largest absolute Gasteiger partial charge is 0.497 e. The molecular weight excluding hydrogens is 376 g/mol. The number of rotatable bonds is 5. The maximum absolute atomic E-state index is 12.9. The van der Waals surface area contributed by atoms with Crippen molar-refractivity contribution in [3.8, 4) is 11.5 Å². The van der Waals surface area contributed by atoms with Gasteiger partial charge in [-0.25, -0.2) is 4.79 Å².